The molecule has 4 heteroatoms. The lowest BCUT2D eigenvalue weighted by molar-refractivity contribution is -0.118. The predicted octanol–water partition coefficient (Wildman–Crippen LogP) is 2.30. The van der Waals surface area contributed by atoms with Crippen LogP contribution in [0.2, 0.25) is 0 Å². The Bertz CT molecular complexity index is 393. The highest BCUT2D eigenvalue weighted by molar-refractivity contribution is 7.99. The van der Waals surface area contributed by atoms with E-state index in [9.17, 15) is 4.79 Å². The van der Waals surface area contributed by atoms with E-state index in [4.69, 9.17) is 0 Å². The molecular weight excluding hydrogens is 256 g/mol. The number of thioether (sulfide) groups is 1. The molecule has 0 fully saturated rings. The van der Waals surface area contributed by atoms with Crippen molar-refractivity contribution >= 4 is 17.7 Å². The molecule has 0 aliphatic heterocycles. The summed E-state index contributed by atoms with van der Waals surface area (Å²) < 4.78 is 0. The molecule has 0 saturated carbocycles. The number of carbonyl (C=O) groups is 1. The van der Waals surface area contributed by atoms with Gasteiger partial charge in [0.05, 0.1) is 5.75 Å². The maximum absolute atomic E-state index is 11.6. The van der Waals surface area contributed by atoms with Gasteiger partial charge in [0.15, 0.2) is 0 Å². The monoisotopic (exact) mass is 280 g/mol. The molecule has 0 unspecified atom stereocenters. The number of hydrogen-bond donors (Lipinski definition) is 1. The number of amides is 1. The average Bonchev–Trinajstić information content (AvgIpc) is 2.37. The van der Waals surface area contributed by atoms with Crippen molar-refractivity contribution < 1.29 is 4.79 Å². The summed E-state index contributed by atoms with van der Waals surface area (Å²) in [5.74, 6) is 1.58. The van der Waals surface area contributed by atoms with Gasteiger partial charge in [-0.25, -0.2) is 0 Å². The quantitative estimate of drug-likeness (QED) is 0.742. The first kappa shape index (κ1) is 16.1. The molecule has 0 saturated heterocycles. The van der Waals surface area contributed by atoms with Gasteiger partial charge in [-0.3, -0.25) is 4.79 Å². The second-order valence-corrected chi connectivity index (χ2v) is 5.91. The van der Waals surface area contributed by atoms with E-state index in [-0.39, 0.29) is 5.91 Å². The van der Waals surface area contributed by atoms with Crippen LogP contribution in [-0.4, -0.2) is 43.7 Å². The Kier molecular flexibility index (Phi) is 7.60. The summed E-state index contributed by atoms with van der Waals surface area (Å²) in [6, 6.07) is 8.32. The van der Waals surface area contributed by atoms with Gasteiger partial charge in [0.2, 0.25) is 5.91 Å². The molecule has 0 aliphatic carbocycles. The number of aryl methyl sites for hydroxylation is 1. The fourth-order valence-corrected chi connectivity index (χ4v) is 2.63. The minimum Gasteiger partial charge on any atom is -0.355 e. The molecule has 0 atom stereocenters. The van der Waals surface area contributed by atoms with Crippen molar-refractivity contribution in [3.05, 3.63) is 35.4 Å². The molecule has 0 radical (unpaired) electrons. The van der Waals surface area contributed by atoms with Gasteiger partial charge in [0.25, 0.3) is 0 Å². The molecule has 1 amide bonds. The van der Waals surface area contributed by atoms with Crippen LogP contribution in [-0.2, 0) is 10.5 Å². The third-order valence-electron chi connectivity index (χ3n) is 2.86. The number of nitrogens with one attached hydrogen (secondary N) is 1. The smallest absolute Gasteiger partial charge is 0.230 e. The standard InChI is InChI=1S/C15H24N2OS/c1-13-7-4-5-8-14(13)11-19-12-15(18)16-9-6-10-17(2)3/h4-5,7-8H,6,9-12H2,1-3H3,(H,16,18). The van der Waals surface area contributed by atoms with Crippen molar-refractivity contribution in [1.29, 1.82) is 0 Å². The fourth-order valence-electron chi connectivity index (χ4n) is 1.70. The summed E-state index contributed by atoms with van der Waals surface area (Å²) in [6.07, 6.45) is 1.00. The van der Waals surface area contributed by atoms with Crippen molar-refractivity contribution in [2.45, 2.75) is 19.1 Å². The Morgan fingerprint density at radius 1 is 1.32 bits per heavy atom. The van der Waals surface area contributed by atoms with E-state index in [1.807, 2.05) is 26.2 Å². The van der Waals surface area contributed by atoms with E-state index in [2.05, 4.69) is 29.3 Å². The zero-order chi connectivity index (χ0) is 14.1. The van der Waals surface area contributed by atoms with Crippen molar-refractivity contribution in [1.82, 2.24) is 10.2 Å². The van der Waals surface area contributed by atoms with E-state index in [1.54, 1.807) is 11.8 Å². The molecule has 1 aromatic carbocycles. The van der Waals surface area contributed by atoms with Gasteiger partial charge in [-0.2, -0.15) is 0 Å². The van der Waals surface area contributed by atoms with Gasteiger partial charge in [0, 0.05) is 12.3 Å². The van der Waals surface area contributed by atoms with E-state index >= 15 is 0 Å². The number of hydrogen-bond acceptors (Lipinski definition) is 3. The van der Waals surface area contributed by atoms with Crippen LogP contribution in [0.4, 0.5) is 0 Å². The zero-order valence-corrected chi connectivity index (χ0v) is 12.9. The summed E-state index contributed by atoms with van der Waals surface area (Å²) in [5, 5.41) is 2.95. The highest BCUT2D eigenvalue weighted by Gasteiger charge is 2.02. The lowest BCUT2D eigenvalue weighted by atomic mass is 10.1. The molecule has 1 rings (SSSR count). The number of benzene rings is 1. The Morgan fingerprint density at radius 3 is 2.74 bits per heavy atom. The summed E-state index contributed by atoms with van der Waals surface area (Å²) in [4.78, 5) is 13.7. The second kappa shape index (κ2) is 8.99. The normalized spacial score (nSPS) is 10.7. The molecule has 19 heavy (non-hydrogen) atoms. The maximum Gasteiger partial charge on any atom is 0.230 e. The van der Waals surface area contributed by atoms with Gasteiger partial charge < -0.3 is 10.2 Å². The zero-order valence-electron chi connectivity index (χ0n) is 12.1. The number of carbonyl (C=O) groups excluding carboxylic acids is 1. The minimum absolute atomic E-state index is 0.136. The summed E-state index contributed by atoms with van der Waals surface area (Å²) in [6.45, 7) is 3.88. The lowest BCUT2D eigenvalue weighted by Crippen LogP contribution is -2.28. The number of nitrogens with zero attached hydrogens (tertiary/aromatic N) is 1. The van der Waals surface area contributed by atoms with Crippen LogP contribution in [0.1, 0.15) is 17.5 Å². The van der Waals surface area contributed by atoms with Crippen molar-refractivity contribution in [2.75, 3.05) is 32.9 Å². The molecule has 0 bridgehead atoms. The van der Waals surface area contributed by atoms with Crippen LogP contribution in [0.5, 0.6) is 0 Å². The van der Waals surface area contributed by atoms with Crippen LogP contribution >= 0.6 is 11.8 Å². The lowest BCUT2D eigenvalue weighted by Gasteiger charge is -2.10. The largest absolute Gasteiger partial charge is 0.355 e. The van der Waals surface area contributed by atoms with Crippen LogP contribution in [0.3, 0.4) is 0 Å². The van der Waals surface area contributed by atoms with E-state index in [0.717, 1.165) is 25.3 Å². The summed E-state index contributed by atoms with van der Waals surface area (Å²) in [7, 11) is 4.08. The van der Waals surface area contributed by atoms with Crippen LogP contribution in [0, 0.1) is 6.92 Å². The highest BCUT2D eigenvalue weighted by Crippen LogP contribution is 2.15. The molecular formula is C15H24N2OS. The topological polar surface area (TPSA) is 32.3 Å². The minimum atomic E-state index is 0.136. The number of rotatable bonds is 8. The summed E-state index contributed by atoms with van der Waals surface area (Å²) in [5.41, 5.74) is 2.61. The van der Waals surface area contributed by atoms with Gasteiger partial charge in [-0.05, 0) is 45.1 Å². The van der Waals surface area contributed by atoms with Crippen molar-refractivity contribution in [2.24, 2.45) is 0 Å². The Hall–Kier alpha value is -1.00. The Morgan fingerprint density at radius 2 is 2.05 bits per heavy atom. The fraction of sp³-hybridized carbons (Fsp3) is 0.533. The SMILES string of the molecule is Cc1ccccc1CSCC(=O)NCCCN(C)C. The highest BCUT2D eigenvalue weighted by atomic mass is 32.2. The van der Waals surface area contributed by atoms with Gasteiger partial charge in [-0.15, -0.1) is 11.8 Å². The molecule has 0 heterocycles. The molecule has 1 aromatic rings. The molecule has 0 aromatic heterocycles. The molecule has 3 nitrogen and oxygen atoms in total. The predicted molar refractivity (Wildman–Crippen MR) is 83.5 cm³/mol. The first-order valence-electron chi connectivity index (χ1n) is 6.63. The summed E-state index contributed by atoms with van der Waals surface area (Å²) >= 11 is 1.67. The molecule has 0 aliphatic rings. The molecule has 0 spiro atoms. The maximum atomic E-state index is 11.6. The third kappa shape index (κ3) is 7.23. The van der Waals surface area contributed by atoms with Crippen LogP contribution in [0.25, 0.3) is 0 Å². The van der Waals surface area contributed by atoms with Gasteiger partial charge in [0.1, 0.15) is 0 Å². The Labute approximate surface area is 120 Å². The second-order valence-electron chi connectivity index (χ2n) is 4.93. The van der Waals surface area contributed by atoms with E-state index < -0.39 is 0 Å². The van der Waals surface area contributed by atoms with Gasteiger partial charge in [-0.1, -0.05) is 24.3 Å². The van der Waals surface area contributed by atoms with Crippen molar-refractivity contribution in [3.63, 3.8) is 0 Å². The van der Waals surface area contributed by atoms with E-state index in [1.165, 1.54) is 11.1 Å². The Balaban J connectivity index is 2.12. The first-order chi connectivity index (χ1) is 9.09. The molecule has 1 N–H and O–H groups in total. The van der Waals surface area contributed by atoms with E-state index in [0.29, 0.717) is 5.75 Å². The average molecular weight is 280 g/mol. The van der Waals surface area contributed by atoms with Crippen LogP contribution in [0.15, 0.2) is 24.3 Å². The van der Waals surface area contributed by atoms with Crippen LogP contribution < -0.4 is 5.32 Å². The first-order valence-corrected chi connectivity index (χ1v) is 7.78. The van der Waals surface area contributed by atoms with Crippen molar-refractivity contribution in [3.8, 4) is 0 Å². The van der Waals surface area contributed by atoms with Gasteiger partial charge >= 0.3 is 0 Å². The molecule has 106 valence electrons. The third-order valence-corrected chi connectivity index (χ3v) is 3.84.